The molecule has 0 bridgehead atoms. The van der Waals surface area contributed by atoms with E-state index in [1.54, 1.807) is 18.2 Å². The number of phenolic OH excluding ortho intramolecular Hbond substituents is 1. The molecule has 19 heavy (non-hydrogen) atoms. The molecule has 0 aromatic heterocycles. The Hall–Kier alpha value is -1.67. The zero-order valence-electron chi connectivity index (χ0n) is 11.2. The van der Waals surface area contributed by atoms with Gasteiger partial charge in [-0.05, 0) is 41.8 Å². The van der Waals surface area contributed by atoms with Crippen LogP contribution in [0.3, 0.4) is 0 Å². The summed E-state index contributed by atoms with van der Waals surface area (Å²) in [5.41, 5.74) is 3.13. The van der Waals surface area contributed by atoms with Gasteiger partial charge in [0, 0.05) is 22.8 Å². The number of rotatable bonds is 4. The van der Waals surface area contributed by atoms with Gasteiger partial charge in [-0.1, -0.05) is 37.6 Å². The molecule has 0 saturated carbocycles. The molecule has 0 heterocycles. The molecule has 2 rings (SSSR count). The highest BCUT2D eigenvalue weighted by atomic mass is 35.5. The third-order valence-corrected chi connectivity index (χ3v) is 3.31. The maximum absolute atomic E-state index is 9.76. The van der Waals surface area contributed by atoms with Crippen LogP contribution in [-0.4, -0.2) is 5.11 Å². The highest BCUT2D eigenvalue weighted by Crippen LogP contribution is 2.23. The summed E-state index contributed by atoms with van der Waals surface area (Å²) in [6.45, 7) is 4.89. The third kappa shape index (κ3) is 3.65. The molecule has 0 aliphatic heterocycles. The molecular formula is C16H18ClNO. The molecule has 100 valence electrons. The van der Waals surface area contributed by atoms with E-state index in [1.165, 1.54) is 5.56 Å². The molecule has 2 nitrogen and oxygen atoms in total. The van der Waals surface area contributed by atoms with Crippen molar-refractivity contribution in [1.29, 1.82) is 0 Å². The Bertz CT molecular complexity index is 566. The van der Waals surface area contributed by atoms with Crippen LogP contribution in [0.4, 0.5) is 5.69 Å². The molecule has 2 aromatic carbocycles. The molecule has 0 amide bonds. The van der Waals surface area contributed by atoms with Gasteiger partial charge in [-0.3, -0.25) is 0 Å². The summed E-state index contributed by atoms with van der Waals surface area (Å²) < 4.78 is 0. The van der Waals surface area contributed by atoms with E-state index in [-0.39, 0.29) is 5.75 Å². The summed E-state index contributed by atoms with van der Waals surface area (Å²) in [5.74, 6) is 0.762. The summed E-state index contributed by atoms with van der Waals surface area (Å²) in [5, 5.41) is 13.7. The monoisotopic (exact) mass is 275 g/mol. The minimum absolute atomic E-state index is 0.261. The summed E-state index contributed by atoms with van der Waals surface area (Å²) >= 11 is 5.93. The number of benzene rings is 2. The normalized spacial score (nSPS) is 10.7. The van der Waals surface area contributed by atoms with Gasteiger partial charge in [-0.15, -0.1) is 0 Å². The van der Waals surface area contributed by atoms with Crippen molar-refractivity contribution in [1.82, 2.24) is 0 Å². The smallest absolute Gasteiger partial charge is 0.120 e. The molecule has 0 fully saturated rings. The second kappa shape index (κ2) is 5.98. The van der Waals surface area contributed by atoms with E-state index in [9.17, 15) is 5.11 Å². The van der Waals surface area contributed by atoms with Crippen LogP contribution in [0, 0.1) is 0 Å². The van der Waals surface area contributed by atoms with Crippen LogP contribution in [0.2, 0.25) is 5.02 Å². The fraction of sp³-hybridized carbons (Fsp3) is 0.250. The van der Waals surface area contributed by atoms with Gasteiger partial charge < -0.3 is 10.4 Å². The van der Waals surface area contributed by atoms with Crippen LogP contribution in [0.1, 0.15) is 30.9 Å². The molecule has 0 atom stereocenters. The summed E-state index contributed by atoms with van der Waals surface area (Å²) in [7, 11) is 0. The Kier molecular flexibility index (Phi) is 4.33. The first-order valence-corrected chi connectivity index (χ1v) is 6.75. The maximum Gasteiger partial charge on any atom is 0.120 e. The van der Waals surface area contributed by atoms with Crippen molar-refractivity contribution < 1.29 is 5.11 Å². The Balaban J connectivity index is 2.10. The Labute approximate surface area is 119 Å². The number of halogens is 1. The van der Waals surface area contributed by atoms with Crippen LogP contribution in [0.25, 0.3) is 0 Å². The average Bonchev–Trinajstić information content (AvgIpc) is 2.40. The van der Waals surface area contributed by atoms with Gasteiger partial charge in [0.05, 0.1) is 0 Å². The molecule has 0 radical (unpaired) electrons. The van der Waals surface area contributed by atoms with Gasteiger partial charge in [0.15, 0.2) is 0 Å². The molecule has 0 unspecified atom stereocenters. The van der Waals surface area contributed by atoms with Gasteiger partial charge in [0.1, 0.15) is 5.75 Å². The fourth-order valence-electron chi connectivity index (χ4n) is 1.90. The zero-order valence-corrected chi connectivity index (χ0v) is 11.9. The molecule has 2 N–H and O–H groups in total. The maximum atomic E-state index is 9.76. The van der Waals surface area contributed by atoms with Crippen molar-refractivity contribution in [3.8, 4) is 5.75 Å². The van der Waals surface area contributed by atoms with E-state index < -0.39 is 0 Å². The van der Waals surface area contributed by atoms with Crippen LogP contribution in [0.15, 0.2) is 42.5 Å². The quantitative estimate of drug-likeness (QED) is 0.841. The van der Waals surface area contributed by atoms with Crippen molar-refractivity contribution >= 4 is 17.3 Å². The standard InChI is InChI=1S/C16H18ClNO/c1-11(2)12-4-3-5-15(9-12)18-10-13-8-14(17)6-7-16(13)19/h3-9,11,18-19H,10H2,1-2H3. The van der Waals surface area contributed by atoms with Gasteiger partial charge in [0.25, 0.3) is 0 Å². The minimum atomic E-state index is 0.261. The van der Waals surface area contributed by atoms with Crippen LogP contribution >= 0.6 is 11.6 Å². The Morgan fingerprint density at radius 2 is 1.95 bits per heavy atom. The summed E-state index contributed by atoms with van der Waals surface area (Å²) in [6, 6.07) is 13.4. The van der Waals surface area contributed by atoms with Crippen LogP contribution in [0.5, 0.6) is 5.75 Å². The van der Waals surface area contributed by atoms with E-state index >= 15 is 0 Å². The van der Waals surface area contributed by atoms with E-state index in [1.807, 2.05) is 12.1 Å². The second-order valence-electron chi connectivity index (χ2n) is 4.91. The summed E-state index contributed by atoms with van der Waals surface area (Å²) in [6.07, 6.45) is 0. The van der Waals surface area contributed by atoms with Crippen molar-refractivity contribution in [3.05, 3.63) is 58.6 Å². The van der Waals surface area contributed by atoms with Crippen LogP contribution < -0.4 is 5.32 Å². The van der Waals surface area contributed by atoms with Crippen molar-refractivity contribution in [2.24, 2.45) is 0 Å². The number of phenols is 1. The lowest BCUT2D eigenvalue weighted by Crippen LogP contribution is -2.00. The third-order valence-electron chi connectivity index (χ3n) is 3.08. The molecule has 3 heteroatoms. The first-order chi connectivity index (χ1) is 9.06. The van der Waals surface area contributed by atoms with E-state index in [4.69, 9.17) is 11.6 Å². The molecule has 0 aliphatic carbocycles. The Morgan fingerprint density at radius 1 is 1.16 bits per heavy atom. The molecule has 0 aliphatic rings. The molecular weight excluding hydrogens is 258 g/mol. The van der Waals surface area contributed by atoms with Gasteiger partial charge in [-0.2, -0.15) is 0 Å². The second-order valence-corrected chi connectivity index (χ2v) is 5.34. The van der Waals surface area contributed by atoms with Crippen molar-refractivity contribution in [2.45, 2.75) is 26.3 Å². The topological polar surface area (TPSA) is 32.3 Å². The van der Waals surface area contributed by atoms with E-state index in [2.05, 4.69) is 31.3 Å². The van der Waals surface area contributed by atoms with E-state index in [0.29, 0.717) is 17.5 Å². The fourth-order valence-corrected chi connectivity index (χ4v) is 2.10. The Morgan fingerprint density at radius 3 is 2.68 bits per heavy atom. The lowest BCUT2D eigenvalue weighted by atomic mass is 10.0. The predicted molar refractivity (Wildman–Crippen MR) is 81.0 cm³/mol. The van der Waals surface area contributed by atoms with Gasteiger partial charge in [0.2, 0.25) is 0 Å². The lowest BCUT2D eigenvalue weighted by molar-refractivity contribution is 0.469. The number of hydrogen-bond acceptors (Lipinski definition) is 2. The first-order valence-electron chi connectivity index (χ1n) is 6.37. The van der Waals surface area contributed by atoms with Crippen molar-refractivity contribution in [2.75, 3.05) is 5.32 Å². The highest BCUT2D eigenvalue weighted by Gasteiger charge is 2.03. The number of aromatic hydroxyl groups is 1. The molecule has 2 aromatic rings. The van der Waals surface area contributed by atoms with Crippen molar-refractivity contribution in [3.63, 3.8) is 0 Å². The zero-order chi connectivity index (χ0) is 13.8. The molecule has 0 saturated heterocycles. The highest BCUT2D eigenvalue weighted by molar-refractivity contribution is 6.30. The predicted octanol–water partition coefficient (Wildman–Crippen LogP) is 4.78. The first kappa shape index (κ1) is 13.8. The van der Waals surface area contributed by atoms with E-state index in [0.717, 1.165) is 11.3 Å². The van der Waals surface area contributed by atoms with Gasteiger partial charge in [-0.25, -0.2) is 0 Å². The van der Waals surface area contributed by atoms with Crippen LogP contribution in [-0.2, 0) is 6.54 Å². The number of nitrogens with one attached hydrogen (secondary N) is 1. The van der Waals surface area contributed by atoms with Gasteiger partial charge >= 0.3 is 0 Å². The SMILES string of the molecule is CC(C)c1cccc(NCc2cc(Cl)ccc2O)c1. The largest absolute Gasteiger partial charge is 0.508 e. The number of anilines is 1. The minimum Gasteiger partial charge on any atom is -0.508 e. The average molecular weight is 276 g/mol. The molecule has 0 spiro atoms. The summed E-state index contributed by atoms with van der Waals surface area (Å²) in [4.78, 5) is 0. The lowest BCUT2D eigenvalue weighted by Gasteiger charge is -2.11. The number of hydrogen-bond donors (Lipinski definition) is 2.